The number of aromatic amines is 1. The van der Waals surface area contributed by atoms with Gasteiger partial charge in [0.15, 0.2) is 0 Å². The quantitative estimate of drug-likeness (QED) is 0.870. The van der Waals surface area contributed by atoms with Crippen LogP contribution in [0, 0.1) is 5.92 Å². The van der Waals surface area contributed by atoms with Crippen LogP contribution >= 0.6 is 0 Å². The summed E-state index contributed by atoms with van der Waals surface area (Å²) in [6, 6.07) is 7.79. The zero-order valence-corrected chi connectivity index (χ0v) is 11.0. The molecule has 0 aliphatic carbocycles. The summed E-state index contributed by atoms with van der Waals surface area (Å²) in [5, 5.41) is 0. The van der Waals surface area contributed by atoms with Crippen molar-refractivity contribution in [3.05, 3.63) is 36.3 Å². The first-order chi connectivity index (χ1) is 8.61. The summed E-state index contributed by atoms with van der Waals surface area (Å²) in [5.41, 5.74) is 8.07. The molecule has 2 aromatic rings. The summed E-state index contributed by atoms with van der Waals surface area (Å²) < 4.78 is 5.21. The van der Waals surface area contributed by atoms with Gasteiger partial charge in [0.2, 0.25) is 0 Å². The first kappa shape index (κ1) is 12.6. The fourth-order valence-electron chi connectivity index (χ4n) is 1.76. The number of ether oxygens (including phenoxy) is 1. The van der Waals surface area contributed by atoms with Gasteiger partial charge >= 0.3 is 0 Å². The lowest BCUT2D eigenvalue weighted by molar-refractivity contribution is 0.415. The van der Waals surface area contributed by atoms with E-state index in [1.807, 2.05) is 30.5 Å². The van der Waals surface area contributed by atoms with Crippen LogP contribution in [0.15, 0.2) is 30.5 Å². The molecule has 1 aromatic heterocycles. The highest BCUT2D eigenvalue weighted by Crippen LogP contribution is 2.24. The number of nitrogens with zero attached hydrogens (tertiary/aromatic N) is 1. The summed E-state index contributed by atoms with van der Waals surface area (Å²) in [7, 11) is 1.66. The van der Waals surface area contributed by atoms with Gasteiger partial charge in [-0.15, -0.1) is 0 Å². The van der Waals surface area contributed by atoms with Crippen molar-refractivity contribution in [3.8, 4) is 17.0 Å². The van der Waals surface area contributed by atoms with Crippen molar-refractivity contribution < 1.29 is 4.74 Å². The Balaban J connectivity index is 2.29. The lowest BCUT2D eigenvalue weighted by atomic mass is 10.1. The van der Waals surface area contributed by atoms with Crippen LogP contribution in [0.25, 0.3) is 11.3 Å². The second-order valence-corrected chi connectivity index (χ2v) is 4.68. The monoisotopic (exact) mass is 245 g/mol. The standard InChI is InChI=1S/C14H19N3O/c1-9(2)13(15)14-16-8-12(17-14)10-5-4-6-11(7-10)18-3/h4-9,13H,15H2,1-3H3,(H,16,17). The van der Waals surface area contributed by atoms with Crippen molar-refractivity contribution in [2.45, 2.75) is 19.9 Å². The van der Waals surface area contributed by atoms with Gasteiger partial charge in [0.05, 0.1) is 25.0 Å². The third-order valence-electron chi connectivity index (χ3n) is 3.01. The van der Waals surface area contributed by atoms with Gasteiger partial charge in [0.25, 0.3) is 0 Å². The zero-order valence-electron chi connectivity index (χ0n) is 11.0. The van der Waals surface area contributed by atoms with E-state index in [4.69, 9.17) is 10.5 Å². The van der Waals surface area contributed by atoms with Crippen LogP contribution in [-0.2, 0) is 0 Å². The fraction of sp³-hybridized carbons (Fsp3) is 0.357. The normalized spacial score (nSPS) is 12.7. The van der Waals surface area contributed by atoms with Gasteiger partial charge in [0, 0.05) is 5.56 Å². The zero-order chi connectivity index (χ0) is 13.1. The first-order valence-corrected chi connectivity index (χ1v) is 6.06. The van der Waals surface area contributed by atoms with E-state index in [1.165, 1.54) is 0 Å². The Hall–Kier alpha value is -1.81. The van der Waals surface area contributed by atoms with E-state index < -0.39 is 0 Å². The largest absolute Gasteiger partial charge is 0.497 e. The number of methoxy groups -OCH3 is 1. The van der Waals surface area contributed by atoms with Gasteiger partial charge in [-0.1, -0.05) is 26.0 Å². The first-order valence-electron chi connectivity index (χ1n) is 6.06. The molecule has 0 bridgehead atoms. The van der Waals surface area contributed by atoms with Crippen LogP contribution in [0.4, 0.5) is 0 Å². The molecular formula is C14H19N3O. The smallest absolute Gasteiger partial charge is 0.123 e. The van der Waals surface area contributed by atoms with Crippen LogP contribution in [-0.4, -0.2) is 17.1 Å². The maximum Gasteiger partial charge on any atom is 0.123 e. The number of H-pyrrole nitrogens is 1. The van der Waals surface area contributed by atoms with Gasteiger partial charge in [-0.25, -0.2) is 4.98 Å². The SMILES string of the molecule is COc1cccc(-c2cnc(C(N)C(C)C)[nH]2)c1. The molecule has 0 aliphatic rings. The molecular weight excluding hydrogens is 226 g/mol. The van der Waals surface area contributed by atoms with Crippen molar-refractivity contribution in [2.75, 3.05) is 7.11 Å². The molecule has 3 N–H and O–H groups in total. The molecule has 1 aromatic carbocycles. The molecule has 0 fully saturated rings. The maximum atomic E-state index is 6.07. The van der Waals surface area contributed by atoms with Crippen LogP contribution in [0.3, 0.4) is 0 Å². The second-order valence-electron chi connectivity index (χ2n) is 4.68. The molecule has 96 valence electrons. The van der Waals surface area contributed by atoms with Crippen molar-refractivity contribution in [1.29, 1.82) is 0 Å². The molecule has 0 aliphatic heterocycles. The van der Waals surface area contributed by atoms with Gasteiger partial charge in [0.1, 0.15) is 11.6 Å². The third kappa shape index (κ3) is 2.54. The molecule has 0 saturated carbocycles. The molecule has 4 heteroatoms. The van der Waals surface area contributed by atoms with Gasteiger partial charge < -0.3 is 15.5 Å². The highest BCUT2D eigenvalue weighted by Gasteiger charge is 2.14. The Kier molecular flexibility index (Phi) is 3.67. The molecule has 1 unspecified atom stereocenters. The van der Waals surface area contributed by atoms with Crippen LogP contribution in [0.5, 0.6) is 5.75 Å². The van der Waals surface area contributed by atoms with E-state index >= 15 is 0 Å². The van der Waals surface area contributed by atoms with Crippen LogP contribution < -0.4 is 10.5 Å². The second kappa shape index (κ2) is 5.23. The van der Waals surface area contributed by atoms with Crippen LogP contribution in [0.2, 0.25) is 0 Å². The minimum Gasteiger partial charge on any atom is -0.497 e. The van der Waals surface area contributed by atoms with E-state index in [2.05, 4.69) is 23.8 Å². The highest BCUT2D eigenvalue weighted by molar-refractivity contribution is 5.60. The Bertz CT molecular complexity index is 519. The van der Waals surface area contributed by atoms with E-state index in [0.29, 0.717) is 5.92 Å². The summed E-state index contributed by atoms with van der Waals surface area (Å²) in [4.78, 5) is 7.62. The average Bonchev–Trinajstić information content (AvgIpc) is 2.87. The third-order valence-corrected chi connectivity index (χ3v) is 3.01. The molecule has 4 nitrogen and oxygen atoms in total. The lowest BCUT2D eigenvalue weighted by Crippen LogP contribution is -2.18. The Morgan fingerprint density at radius 2 is 2.11 bits per heavy atom. The predicted octanol–water partition coefficient (Wildman–Crippen LogP) is 2.74. The van der Waals surface area contributed by atoms with Crippen molar-refractivity contribution in [2.24, 2.45) is 11.7 Å². The van der Waals surface area contributed by atoms with Crippen LogP contribution in [0.1, 0.15) is 25.7 Å². The molecule has 0 saturated heterocycles. The molecule has 0 spiro atoms. The summed E-state index contributed by atoms with van der Waals surface area (Å²) >= 11 is 0. The average molecular weight is 245 g/mol. The number of rotatable bonds is 4. The number of nitrogens with one attached hydrogen (secondary N) is 1. The van der Waals surface area contributed by atoms with Crippen molar-refractivity contribution in [1.82, 2.24) is 9.97 Å². The lowest BCUT2D eigenvalue weighted by Gasteiger charge is -2.12. The van der Waals surface area contributed by atoms with E-state index in [1.54, 1.807) is 7.11 Å². The Morgan fingerprint density at radius 1 is 1.33 bits per heavy atom. The minimum absolute atomic E-state index is 0.0654. The van der Waals surface area contributed by atoms with Gasteiger partial charge in [-0.05, 0) is 18.1 Å². The number of nitrogens with two attached hydrogens (primary N) is 1. The highest BCUT2D eigenvalue weighted by atomic mass is 16.5. The van der Waals surface area contributed by atoms with Crippen molar-refractivity contribution >= 4 is 0 Å². The summed E-state index contributed by atoms with van der Waals surface area (Å²) in [6.45, 7) is 4.16. The molecule has 1 heterocycles. The number of hydrogen-bond acceptors (Lipinski definition) is 3. The molecule has 0 radical (unpaired) electrons. The number of hydrogen-bond donors (Lipinski definition) is 2. The minimum atomic E-state index is -0.0654. The van der Waals surface area contributed by atoms with Gasteiger partial charge in [-0.3, -0.25) is 0 Å². The fourth-order valence-corrected chi connectivity index (χ4v) is 1.76. The number of imidazole rings is 1. The molecule has 2 rings (SSSR count). The molecule has 18 heavy (non-hydrogen) atoms. The number of aromatic nitrogens is 2. The van der Waals surface area contributed by atoms with Crippen molar-refractivity contribution in [3.63, 3.8) is 0 Å². The van der Waals surface area contributed by atoms with E-state index in [0.717, 1.165) is 22.8 Å². The maximum absolute atomic E-state index is 6.07. The van der Waals surface area contributed by atoms with E-state index in [-0.39, 0.29) is 6.04 Å². The van der Waals surface area contributed by atoms with E-state index in [9.17, 15) is 0 Å². The summed E-state index contributed by atoms with van der Waals surface area (Å²) in [5.74, 6) is 2.01. The van der Waals surface area contributed by atoms with Gasteiger partial charge in [-0.2, -0.15) is 0 Å². The predicted molar refractivity (Wildman–Crippen MR) is 72.3 cm³/mol. The topological polar surface area (TPSA) is 63.9 Å². The molecule has 1 atom stereocenters. The summed E-state index contributed by atoms with van der Waals surface area (Å²) in [6.07, 6.45) is 1.81. The Labute approximate surface area is 107 Å². The molecule has 0 amide bonds. The number of benzene rings is 1. The Morgan fingerprint density at radius 3 is 2.78 bits per heavy atom.